The molecule has 0 radical (unpaired) electrons. The molecule has 3 aromatic carbocycles. The first-order valence-electron chi connectivity index (χ1n) is 9.34. The number of halogens is 2. The lowest BCUT2D eigenvalue weighted by atomic mass is 10.0. The van der Waals surface area contributed by atoms with Crippen molar-refractivity contribution in [3.63, 3.8) is 0 Å². The maximum absolute atomic E-state index is 13.4. The number of carbonyl (C=O) groups excluding carboxylic acids is 2. The summed E-state index contributed by atoms with van der Waals surface area (Å²) in [5, 5.41) is 3.53. The fourth-order valence-corrected chi connectivity index (χ4v) is 3.43. The fourth-order valence-electron chi connectivity index (χ4n) is 3.31. The Balaban J connectivity index is 1.82. The summed E-state index contributed by atoms with van der Waals surface area (Å²) in [6.07, 6.45) is 0. The van der Waals surface area contributed by atoms with Crippen LogP contribution in [0.1, 0.15) is 16.7 Å². The zero-order valence-corrected chi connectivity index (χ0v) is 17.1. The summed E-state index contributed by atoms with van der Waals surface area (Å²) in [7, 11) is 0. The minimum atomic E-state index is -0.475. The molecule has 4 nitrogen and oxygen atoms in total. The first kappa shape index (κ1) is 19.9. The molecule has 1 N–H and O–H groups in total. The van der Waals surface area contributed by atoms with E-state index in [0.717, 1.165) is 16.0 Å². The zero-order valence-electron chi connectivity index (χ0n) is 16.4. The highest BCUT2D eigenvalue weighted by atomic mass is 35.5. The van der Waals surface area contributed by atoms with Gasteiger partial charge in [0.2, 0.25) is 0 Å². The van der Waals surface area contributed by atoms with Crippen molar-refractivity contribution in [1.82, 2.24) is 0 Å². The van der Waals surface area contributed by atoms with Crippen LogP contribution < -0.4 is 10.2 Å². The Morgan fingerprint density at radius 3 is 2.13 bits per heavy atom. The number of aryl methyl sites for hydroxylation is 2. The summed E-state index contributed by atoms with van der Waals surface area (Å²) in [5.74, 6) is -1.30. The Morgan fingerprint density at radius 1 is 0.833 bits per heavy atom. The summed E-state index contributed by atoms with van der Waals surface area (Å²) < 4.78 is 13.3. The van der Waals surface area contributed by atoms with E-state index in [4.69, 9.17) is 11.6 Å². The molecule has 150 valence electrons. The molecule has 0 bridgehead atoms. The van der Waals surface area contributed by atoms with Crippen LogP contribution in [0, 0.1) is 19.7 Å². The van der Waals surface area contributed by atoms with Gasteiger partial charge in [0.05, 0.1) is 11.3 Å². The highest BCUT2D eigenvalue weighted by Crippen LogP contribution is 2.34. The smallest absolute Gasteiger partial charge is 0.282 e. The number of amides is 2. The second kappa shape index (κ2) is 7.76. The molecule has 0 spiro atoms. The minimum Gasteiger partial charge on any atom is -0.350 e. The van der Waals surface area contributed by atoms with Gasteiger partial charge < -0.3 is 5.32 Å². The average molecular weight is 421 g/mol. The van der Waals surface area contributed by atoms with Crippen molar-refractivity contribution in [3.05, 3.63) is 100.0 Å². The SMILES string of the molecule is Cc1ccc(N2C(=O)C(Nc3ccc(F)cc3)=C(c3ccc(Cl)cc3)C2=O)cc1C. The van der Waals surface area contributed by atoms with E-state index in [1.54, 1.807) is 30.3 Å². The quantitative estimate of drug-likeness (QED) is 0.567. The van der Waals surface area contributed by atoms with Crippen molar-refractivity contribution < 1.29 is 14.0 Å². The maximum Gasteiger partial charge on any atom is 0.282 e. The van der Waals surface area contributed by atoms with Gasteiger partial charge in [-0.1, -0.05) is 29.8 Å². The second-order valence-electron chi connectivity index (χ2n) is 7.10. The Hall–Kier alpha value is -3.44. The van der Waals surface area contributed by atoms with E-state index in [1.807, 2.05) is 26.0 Å². The van der Waals surface area contributed by atoms with Gasteiger partial charge in [-0.2, -0.15) is 0 Å². The molecular formula is C24H18ClFN2O2. The number of rotatable bonds is 4. The van der Waals surface area contributed by atoms with E-state index in [0.29, 0.717) is 22.0 Å². The van der Waals surface area contributed by atoms with Gasteiger partial charge in [0, 0.05) is 10.7 Å². The number of carbonyl (C=O) groups is 2. The van der Waals surface area contributed by atoms with Gasteiger partial charge in [-0.25, -0.2) is 9.29 Å². The molecule has 30 heavy (non-hydrogen) atoms. The topological polar surface area (TPSA) is 49.4 Å². The van der Waals surface area contributed by atoms with Gasteiger partial charge in [-0.3, -0.25) is 9.59 Å². The van der Waals surface area contributed by atoms with Gasteiger partial charge in [0.15, 0.2) is 0 Å². The van der Waals surface area contributed by atoms with Crippen molar-refractivity contribution in [2.75, 3.05) is 10.2 Å². The van der Waals surface area contributed by atoms with E-state index in [2.05, 4.69) is 5.32 Å². The number of nitrogens with one attached hydrogen (secondary N) is 1. The Kier molecular flexibility index (Phi) is 5.14. The lowest BCUT2D eigenvalue weighted by molar-refractivity contribution is -0.120. The van der Waals surface area contributed by atoms with E-state index < -0.39 is 17.6 Å². The van der Waals surface area contributed by atoms with Crippen LogP contribution in [0.3, 0.4) is 0 Å². The molecule has 3 aromatic rings. The minimum absolute atomic E-state index is 0.132. The summed E-state index contributed by atoms with van der Waals surface area (Å²) >= 11 is 5.99. The lowest BCUT2D eigenvalue weighted by Crippen LogP contribution is -2.32. The molecule has 2 amide bonds. The largest absolute Gasteiger partial charge is 0.350 e. The van der Waals surface area contributed by atoms with Crippen molar-refractivity contribution in [3.8, 4) is 0 Å². The molecule has 0 unspecified atom stereocenters. The summed E-state index contributed by atoms with van der Waals surface area (Å²) in [5.41, 5.74) is 3.96. The van der Waals surface area contributed by atoms with Gasteiger partial charge in [-0.15, -0.1) is 0 Å². The van der Waals surface area contributed by atoms with Crippen molar-refractivity contribution in [2.24, 2.45) is 0 Å². The third-order valence-corrected chi connectivity index (χ3v) is 5.33. The summed E-state index contributed by atoms with van der Waals surface area (Å²) in [6.45, 7) is 3.89. The second-order valence-corrected chi connectivity index (χ2v) is 7.54. The number of benzene rings is 3. The number of anilines is 2. The highest BCUT2D eigenvalue weighted by Gasteiger charge is 2.40. The summed E-state index contributed by atoms with van der Waals surface area (Å²) in [4.78, 5) is 27.8. The molecule has 0 saturated carbocycles. The molecule has 1 aliphatic heterocycles. The summed E-state index contributed by atoms with van der Waals surface area (Å²) in [6, 6.07) is 17.7. The van der Waals surface area contributed by atoms with Crippen LogP contribution in [-0.4, -0.2) is 11.8 Å². The Bertz CT molecular complexity index is 1180. The van der Waals surface area contributed by atoms with E-state index in [9.17, 15) is 14.0 Å². The third-order valence-electron chi connectivity index (χ3n) is 5.08. The zero-order chi connectivity index (χ0) is 21.4. The molecule has 6 heteroatoms. The van der Waals surface area contributed by atoms with Crippen LogP contribution in [0.2, 0.25) is 5.02 Å². The van der Waals surface area contributed by atoms with Crippen molar-refractivity contribution >= 4 is 40.4 Å². The van der Waals surface area contributed by atoms with Gasteiger partial charge >= 0.3 is 0 Å². The lowest BCUT2D eigenvalue weighted by Gasteiger charge is -2.17. The molecule has 0 aromatic heterocycles. The molecule has 4 rings (SSSR count). The van der Waals surface area contributed by atoms with Crippen molar-refractivity contribution in [2.45, 2.75) is 13.8 Å². The van der Waals surface area contributed by atoms with E-state index >= 15 is 0 Å². The van der Waals surface area contributed by atoms with Crippen LogP contribution in [0.4, 0.5) is 15.8 Å². The average Bonchev–Trinajstić information content (AvgIpc) is 2.96. The highest BCUT2D eigenvalue weighted by molar-refractivity contribution is 6.46. The Morgan fingerprint density at radius 2 is 1.50 bits per heavy atom. The Labute approximate surface area is 178 Å². The molecule has 0 atom stereocenters. The van der Waals surface area contributed by atoms with Gasteiger partial charge in [-0.05, 0) is 79.1 Å². The predicted molar refractivity (Wildman–Crippen MR) is 117 cm³/mol. The van der Waals surface area contributed by atoms with Crippen LogP contribution in [-0.2, 0) is 9.59 Å². The normalized spacial score (nSPS) is 13.9. The third kappa shape index (κ3) is 3.60. The number of nitrogens with zero attached hydrogens (tertiary/aromatic N) is 1. The molecule has 1 heterocycles. The van der Waals surface area contributed by atoms with Crippen molar-refractivity contribution in [1.29, 1.82) is 0 Å². The first-order valence-corrected chi connectivity index (χ1v) is 9.72. The van der Waals surface area contributed by atoms with Crippen LogP contribution in [0.15, 0.2) is 72.4 Å². The molecule has 0 aliphatic carbocycles. The van der Waals surface area contributed by atoms with Gasteiger partial charge in [0.25, 0.3) is 11.8 Å². The van der Waals surface area contributed by atoms with E-state index in [-0.39, 0.29) is 11.3 Å². The standard InChI is InChI=1S/C24H18ClFN2O2/c1-14-3-12-20(13-15(14)2)28-23(29)21(16-4-6-17(25)7-5-16)22(24(28)30)27-19-10-8-18(26)9-11-19/h3-13,27H,1-2H3. The molecule has 0 fully saturated rings. The number of imide groups is 1. The van der Waals surface area contributed by atoms with Crippen LogP contribution in [0.5, 0.6) is 0 Å². The number of hydrogen-bond donors (Lipinski definition) is 1. The predicted octanol–water partition coefficient (Wildman–Crippen LogP) is 5.49. The van der Waals surface area contributed by atoms with Gasteiger partial charge in [0.1, 0.15) is 11.5 Å². The van der Waals surface area contributed by atoms with Crippen LogP contribution >= 0.6 is 11.6 Å². The fraction of sp³-hybridized carbons (Fsp3) is 0.0833. The number of hydrogen-bond acceptors (Lipinski definition) is 3. The molecular weight excluding hydrogens is 403 g/mol. The van der Waals surface area contributed by atoms with Crippen LogP contribution in [0.25, 0.3) is 5.57 Å². The monoisotopic (exact) mass is 420 g/mol. The first-order chi connectivity index (χ1) is 14.3. The molecule has 1 aliphatic rings. The maximum atomic E-state index is 13.4. The van der Waals surface area contributed by atoms with E-state index in [1.165, 1.54) is 24.3 Å². The molecule has 0 saturated heterocycles.